The Bertz CT molecular complexity index is 792. The van der Waals surface area contributed by atoms with Gasteiger partial charge in [0.25, 0.3) is 0 Å². The molecule has 2 nitrogen and oxygen atoms in total. The number of ketones is 1. The number of rotatable bonds is 12. The molecule has 0 fully saturated rings. The first-order valence-electron chi connectivity index (χ1n) is 10.8. The Hall–Kier alpha value is -2.45. The summed E-state index contributed by atoms with van der Waals surface area (Å²) in [4.78, 5) is 12.4. The molecular formula is C27H35NO. The van der Waals surface area contributed by atoms with Crippen LogP contribution in [0.2, 0.25) is 0 Å². The lowest BCUT2D eigenvalue weighted by Crippen LogP contribution is -2.25. The molecule has 154 valence electrons. The van der Waals surface area contributed by atoms with Gasteiger partial charge in [-0.2, -0.15) is 0 Å². The molecule has 1 N–H and O–H groups in total. The van der Waals surface area contributed by atoms with Crippen molar-refractivity contribution in [1.29, 1.82) is 0 Å². The Morgan fingerprint density at radius 3 is 2.07 bits per heavy atom. The zero-order valence-electron chi connectivity index (χ0n) is 18.2. The fourth-order valence-corrected chi connectivity index (χ4v) is 3.72. The van der Waals surface area contributed by atoms with E-state index in [1.54, 1.807) is 0 Å². The van der Waals surface area contributed by atoms with Crippen molar-refractivity contribution in [2.24, 2.45) is 5.92 Å². The molecule has 2 rings (SSSR count). The molecule has 0 spiro atoms. The van der Waals surface area contributed by atoms with Gasteiger partial charge in [-0.25, -0.2) is 0 Å². The predicted molar refractivity (Wildman–Crippen MR) is 126 cm³/mol. The maximum absolute atomic E-state index is 12.4. The Balaban J connectivity index is 2.26. The molecule has 0 radical (unpaired) electrons. The van der Waals surface area contributed by atoms with Crippen molar-refractivity contribution in [3.63, 3.8) is 0 Å². The fourth-order valence-electron chi connectivity index (χ4n) is 3.72. The van der Waals surface area contributed by atoms with Crippen LogP contribution in [0.5, 0.6) is 0 Å². The third-order valence-electron chi connectivity index (χ3n) is 5.54. The van der Waals surface area contributed by atoms with Crippen LogP contribution in [0.15, 0.2) is 73.3 Å². The molecule has 0 aliphatic rings. The number of carbonyl (C=O) groups is 1. The molecule has 0 saturated heterocycles. The summed E-state index contributed by atoms with van der Waals surface area (Å²) in [5.74, 6) is 0.572. The van der Waals surface area contributed by atoms with E-state index in [-0.39, 0.29) is 12.0 Å². The lowest BCUT2D eigenvalue weighted by Gasteiger charge is -2.20. The van der Waals surface area contributed by atoms with Gasteiger partial charge in [-0.15, -0.1) is 0 Å². The van der Waals surface area contributed by atoms with Crippen molar-refractivity contribution in [2.45, 2.75) is 52.0 Å². The second-order valence-electron chi connectivity index (χ2n) is 7.58. The topological polar surface area (TPSA) is 29.1 Å². The van der Waals surface area contributed by atoms with Gasteiger partial charge in [0.1, 0.15) is 5.78 Å². The minimum Gasteiger partial charge on any atom is -0.314 e. The Morgan fingerprint density at radius 2 is 1.55 bits per heavy atom. The van der Waals surface area contributed by atoms with Gasteiger partial charge < -0.3 is 5.32 Å². The number of carbonyl (C=O) groups excluding carboxylic acids is 1. The molecule has 0 amide bonds. The summed E-state index contributed by atoms with van der Waals surface area (Å²) in [6.07, 6.45) is 6.67. The minimum atomic E-state index is 0.164. The number of Topliss-reactive ketones (excluding diaryl/α,β-unsaturated/α-hetero) is 1. The average Bonchev–Trinajstić information content (AvgIpc) is 2.77. The Kier molecular flexibility index (Phi) is 9.59. The van der Waals surface area contributed by atoms with E-state index in [2.05, 4.69) is 68.2 Å². The highest BCUT2D eigenvalue weighted by Crippen LogP contribution is 2.31. The summed E-state index contributed by atoms with van der Waals surface area (Å²) < 4.78 is 0. The number of likely N-dealkylation sites (N-methyl/N-ethyl adjacent to an activating group) is 1. The highest BCUT2D eigenvalue weighted by molar-refractivity contribution is 6.04. The summed E-state index contributed by atoms with van der Waals surface area (Å²) in [7, 11) is 1.99. The molecule has 0 heterocycles. The highest BCUT2D eigenvalue weighted by Gasteiger charge is 2.18. The number of hydrogen-bond acceptors (Lipinski definition) is 2. The van der Waals surface area contributed by atoms with Crippen molar-refractivity contribution >= 4 is 16.9 Å². The molecule has 2 atom stereocenters. The molecule has 0 aliphatic carbocycles. The first-order valence-corrected chi connectivity index (χ1v) is 10.8. The van der Waals surface area contributed by atoms with Crippen molar-refractivity contribution in [1.82, 2.24) is 5.32 Å². The predicted octanol–water partition coefficient (Wildman–Crippen LogP) is 6.55. The second kappa shape index (κ2) is 12.2. The van der Waals surface area contributed by atoms with E-state index >= 15 is 0 Å². The second-order valence-corrected chi connectivity index (χ2v) is 7.58. The quantitative estimate of drug-likeness (QED) is 0.417. The van der Waals surface area contributed by atoms with E-state index in [0.717, 1.165) is 48.0 Å². The van der Waals surface area contributed by atoms with E-state index in [1.807, 2.05) is 31.3 Å². The number of allylic oxidation sites excluding steroid dienone is 2. The zero-order valence-corrected chi connectivity index (χ0v) is 18.2. The maximum atomic E-state index is 12.4. The van der Waals surface area contributed by atoms with Gasteiger partial charge in [0.05, 0.1) is 0 Å². The summed E-state index contributed by atoms with van der Waals surface area (Å²) in [6, 6.07) is 20.9. The van der Waals surface area contributed by atoms with Crippen molar-refractivity contribution in [3.8, 4) is 0 Å². The van der Waals surface area contributed by atoms with Crippen LogP contribution < -0.4 is 5.32 Å². The normalized spacial score (nSPS) is 13.7. The number of benzene rings is 2. The molecular weight excluding hydrogens is 354 g/mol. The van der Waals surface area contributed by atoms with Crippen LogP contribution in [-0.2, 0) is 4.79 Å². The standard InChI is InChI=1S/C27H35NO/c1-5-13-27(29)22(6-2)18-19-25(28-4)20-26(24-16-11-8-12-17-24)21(3)23-14-9-7-10-15-23/h7-12,14-17,20,22,25,28H,3,5-6,13,18-19H2,1-2,4H3/b26-20+. The molecule has 2 unspecified atom stereocenters. The Labute approximate surface area is 176 Å². The number of hydrogen-bond donors (Lipinski definition) is 1. The summed E-state index contributed by atoms with van der Waals surface area (Å²) in [5, 5.41) is 3.43. The molecule has 2 aromatic rings. The zero-order chi connectivity index (χ0) is 21.1. The summed E-state index contributed by atoms with van der Waals surface area (Å²) >= 11 is 0. The van der Waals surface area contributed by atoms with Crippen LogP contribution in [0.3, 0.4) is 0 Å². The third-order valence-corrected chi connectivity index (χ3v) is 5.54. The Morgan fingerprint density at radius 1 is 0.966 bits per heavy atom. The molecule has 0 aliphatic heterocycles. The van der Waals surface area contributed by atoms with Gasteiger partial charge >= 0.3 is 0 Å². The van der Waals surface area contributed by atoms with Gasteiger partial charge in [-0.05, 0) is 55.0 Å². The molecule has 29 heavy (non-hydrogen) atoms. The monoisotopic (exact) mass is 389 g/mol. The van der Waals surface area contributed by atoms with Crippen LogP contribution in [-0.4, -0.2) is 18.9 Å². The van der Waals surface area contributed by atoms with E-state index in [9.17, 15) is 4.79 Å². The number of nitrogens with one attached hydrogen (secondary N) is 1. The first kappa shape index (κ1) is 22.8. The molecule has 2 aromatic carbocycles. The summed E-state index contributed by atoms with van der Waals surface area (Å²) in [6.45, 7) is 8.60. The van der Waals surface area contributed by atoms with Gasteiger partial charge in [0.15, 0.2) is 0 Å². The smallest absolute Gasteiger partial charge is 0.135 e. The SMILES string of the molecule is C=C(/C(=C\C(CCC(CC)C(=O)CCC)NC)c1ccccc1)c1ccccc1. The average molecular weight is 390 g/mol. The molecule has 0 bridgehead atoms. The van der Waals surface area contributed by atoms with Gasteiger partial charge in [-0.3, -0.25) is 4.79 Å². The maximum Gasteiger partial charge on any atom is 0.135 e. The lowest BCUT2D eigenvalue weighted by atomic mass is 9.88. The lowest BCUT2D eigenvalue weighted by molar-refractivity contribution is -0.123. The van der Waals surface area contributed by atoms with Gasteiger partial charge in [0.2, 0.25) is 0 Å². The van der Waals surface area contributed by atoms with Crippen molar-refractivity contribution in [2.75, 3.05) is 7.05 Å². The van der Waals surface area contributed by atoms with Crippen LogP contribution in [0.4, 0.5) is 0 Å². The van der Waals surface area contributed by atoms with Gasteiger partial charge in [0, 0.05) is 18.4 Å². The third kappa shape index (κ3) is 6.83. The fraction of sp³-hybridized carbons (Fsp3) is 0.370. The van der Waals surface area contributed by atoms with Crippen LogP contribution in [0.25, 0.3) is 11.1 Å². The molecule has 2 heteroatoms. The van der Waals surface area contributed by atoms with E-state index < -0.39 is 0 Å². The highest BCUT2D eigenvalue weighted by atomic mass is 16.1. The van der Waals surface area contributed by atoms with Gasteiger partial charge in [-0.1, -0.05) is 87.2 Å². The van der Waals surface area contributed by atoms with Crippen molar-refractivity contribution in [3.05, 3.63) is 84.4 Å². The largest absolute Gasteiger partial charge is 0.314 e. The molecule has 0 aromatic heterocycles. The van der Waals surface area contributed by atoms with Crippen molar-refractivity contribution < 1.29 is 4.79 Å². The minimum absolute atomic E-state index is 0.164. The molecule has 0 saturated carbocycles. The van der Waals surface area contributed by atoms with Crippen LogP contribution in [0, 0.1) is 5.92 Å². The van der Waals surface area contributed by atoms with Crippen LogP contribution in [0.1, 0.15) is 57.1 Å². The first-order chi connectivity index (χ1) is 14.1. The summed E-state index contributed by atoms with van der Waals surface area (Å²) in [5.41, 5.74) is 4.45. The van der Waals surface area contributed by atoms with E-state index in [0.29, 0.717) is 12.2 Å². The van der Waals surface area contributed by atoms with E-state index in [4.69, 9.17) is 0 Å². The van der Waals surface area contributed by atoms with Crippen LogP contribution >= 0.6 is 0 Å². The van der Waals surface area contributed by atoms with E-state index in [1.165, 1.54) is 0 Å².